The van der Waals surface area contributed by atoms with Crippen molar-refractivity contribution in [1.29, 1.82) is 0 Å². The Morgan fingerprint density at radius 2 is 1.86 bits per heavy atom. The van der Waals surface area contributed by atoms with Gasteiger partial charge in [0, 0.05) is 21.5 Å². The summed E-state index contributed by atoms with van der Waals surface area (Å²) >= 11 is 9.37. The smallest absolute Gasteiger partial charge is 0.227 e. The lowest BCUT2D eigenvalue weighted by molar-refractivity contribution is 0.438. The molecule has 0 spiro atoms. The molecule has 0 aliphatic heterocycles. The molecule has 0 unspecified atom stereocenters. The molecule has 0 amide bonds. The van der Waals surface area contributed by atoms with Crippen LogP contribution in [0.3, 0.4) is 0 Å². The highest BCUT2D eigenvalue weighted by Crippen LogP contribution is 2.31. The number of nitrogens with zero attached hydrogens (tertiary/aromatic N) is 2. The molecule has 0 bridgehead atoms. The number of benzene rings is 1. The predicted octanol–water partition coefficient (Wildman–Crippen LogP) is 5.43. The van der Waals surface area contributed by atoms with Gasteiger partial charge in [-0.15, -0.1) is 0 Å². The first-order chi connectivity index (χ1) is 9.66. The molecule has 21 heavy (non-hydrogen) atoms. The SMILES string of the molecule is Cc1c(Cl)nc(C(C)(C)C)nc1Oc1cc(F)cc(Br)c1. The van der Waals surface area contributed by atoms with E-state index in [4.69, 9.17) is 16.3 Å². The monoisotopic (exact) mass is 372 g/mol. The first-order valence-corrected chi connectivity index (χ1v) is 7.52. The Morgan fingerprint density at radius 3 is 2.43 bits per heavy atom. The molecule has 0 fully saturated rings. The van der Waals surface area contributed by atoms with E-state index < -0.39 is 5.82 Å². The molecule has 1 heterocycles. The fourth-order valence-corrected chi connectivity index (χ4v) is 2.21. The standard InChI is InChI=1S/C15H15BrClFN2O/c1-8-12(17)19-14(15(2,3)4)20-13(8)21-11-6-9(16)5-10(18)7-11/h5-7H,1-4H3. The second-order valence-electron chi connectivity index (χ2n) is 5.73. The molecule has 2 rings (SSSR count). The fourth-order valence-electron chi connectivity index (χ4n) is 1.60. The van der Waals surface area contributed by atoms with E-state index in [-0.39, 0.29) is 5.41 Å². The molecular weight excluding hydrogens is 359 g/mol. The lowest BCUT2D eigenvalue weighted by Crippen LogP contribution is -2.17. The number of aromatic nitrogens is 2. The van der Waals surface area contributed by atoms with E-state index in [1.54, 1.807) is 13.0 Å². The van der Waals surface area contributed by atoms with Gasteiger partial charge in [-0.25, -0.2) is 9.37 Å². The van der Waals surface area contributed by atoms with Crippen molar-refractivity contribution in [2.45, 2.75) is 33.1 Å². The molecule has 1 aromatic heterocycles. The number of hydrogen-bond donors (Lipinski definition) is 0. The molecule has 0 saturated heterocycles. The van der Waals surface area contributed by atoms with E-state index in [2.05, 4.69) is 25.9 Å². The molecule has 2 aromatic rings. The quantitative estimate of drug-likeness (QED) is 0.658. The van der Waals surface area contributed by atoms with E-state index >= 15 is 0 Å². The normalized spacial score (nSPS) is 11.6. The van der Waals surface area contributed by atoms with Crippen LogP contribution in [-0.4, -0.2) is 9.97 Å². The van der Waals surface area contributed by atoms with Gasteiger partial charge in [-0.2, -0.15) is 4.98 Å². The third-order valence-corrected chi connectivity index (χ3v) is 3.59. The van der Waals surface area contributed by atoms with Crippen LogP contribution in [0.15, 0.2) is 22.7 Å². The van der Waals surface area contributed by atoms with Crippen LogP contribution >= 0.6 is 27.5 Å². The zero-order chi connectivity index (χ0) is 15.8. The van der Waals surface area contributed by atoms with E-state index in [1.807, 2.05) is 20.8 Å². The van der Waals surface area contributed by atoms with Crippen LogP contribution in [0.5, 0.6) is 11.6 Å². The highest BCUT2D eigenvalue weighted by Gasteiger charge is 2.21. The van der Waals surface area contributed by atoms with Gasteiger partial charge in [0.15, 0.2) is 0 Å². The van der Waals surface area contributed by atoms with Crippen LogP contribution in [0.1, 0.15) is 32.2 Å². The largest absolute Gasteiger partial charge is 0.438 e. The summed E-state index contributed by atoms with van der Waals surface area (Å²) in [5, 5.41) is 0.334. The summed E-state index contributed by atoms with van der Waals surface area (Å²) in [5.41, 5.74) is 0.350. The van der Waals surface area contributed by atoms with Crippen molar-refractivity contribution >= 4 is 27.5 Å². The van der Waals surface area contributed by atoms with Crippen molar-refractivity contribution in [3.05, 3.63) is 45.0 Å². The van der Waals surface area contributed by atoms with Crippen LogP contribution in [0.4, 0.5) is 4.39 Å². The summed E-state index contributed by atoms with van der Waals surface area (Å²) in [5.74, 6) is 0.855. The van der Waals surface area contributed by atoms with Crippen molar-refractivity contribution in [3.8, 4) is 11.6 Å². The summed E-state index contributed by atoms with van der Waals surface area (Å²) in [6, 6.07) is 4.31. The topological polar surface area (TPSA) is 35.0 Å². The molecule has 3 nitrogen and oxygen atoms in total. The van der Waals surface area contributed by atoms with Crippen LogP contribution in [0.2, 0.25) is 5.15 Å². The highest BCUT2D eigenvalue weighted by molar-refractivity contribution is 9.10. The Morgan fingerprint density at radius 1 is 1.19 bits per heavy atom. The summed E-state index contributed by atoms with van der Waals surface area (Å²) in [7, 11) is 0. The van der Waals surface area contributed by atoms with Gasteiger partial charge in [-0.3, -0.25) is 0 Å². The third kappa shape index (κ3) is 3.92. The molecular formula is C15H15BrClFN2O. The van der Waals surface area contributed by atoms with Crippen LogP contribution < -0.4 is 4.74 Å². The minimum atomic E-state index is -0.395. The average Bonchev–Trinajstić information content (AvgIpc) is 2.32. The maximum absolute atomic E-state index is 13.4. The lowest BCUT2D eigenvalue weighted by Gasteiger charge is -2.19. The second kappa shape index (κ2) is 5.89. The van der Waals surface area contributed by atoms with Gasteiger partial charge in [-0.1, -0.05) is 48.3 Å². The first-order valence-electron chi connectivity index (χ1n) is 6.35. The first kappa shape index (κ1) is 16.2. The van der Waals surface area contributed by atoms with Gasteiger partial charge < -0.3 is 4.74 Å². The maximum Gasteiger partial charge on any atom is 0.227 e. The average molecular weight is 374 g/mol. The molecule has 0 aliphatic rings. The lowest BCUT2D eigenvalue weighted by atomic mass is 9.96. The fraction of sp³-hybridized carbons (Fsp3) is 0.333. The van der Waals surface area contributed by atoms with Gasteiger partial charge in [0.25, 0.3) is 0 Å². The molecule has 0 aliphatic carbocycles. The summed E-state index contributed by atoms with van der Waals surface area (Å²) in [4.78, 5) is 8.68. The predicted molar refractivity (Wildman–Crippen MR) is 84.7 cm³/mol. The number of hydrogen-bond acceptors (Lipinski definition) is 3. The molecule has 112 valence electrons. The number of rotatable bonds is 2. The number of halogens is 3. The van der Waals surface area contributed by atoms with Crippen LogP contribution in [0, 0.1) is 12.7 Å². The summed E-state index contributed by atoms with van der Waals surface area (Å²) < 4.78 is 19.7. The Hall–Kier alpha value is -1.20. The third-order valence-electron chi connectivity index (χ3n) is 2.76. The van der Waals surface area contributed by atoms with Crippen LogP contribution in [-0.2, 0) is 5.41 Å². The summed E-state index contributed by atoms with van der Waals surface area (Å²) in [6.45, 7) is 7.71. The Labute approximate surface area is 136 Å². The van der Waals surface area contributed by atoms with Gasteiger partial charge in [-0.05, 0) is 19.1 Å². The minimum Gasteiger partial charge on any atom is -0.438 e. The van der Waals surface area contributed by atoms with E-state index in [1.165, 1.54) is 12.1 Å². The van der Waals surface area contributed by atoms with Gasteiger partial charge >= 0.3 is 0 Å². The van der Waals surface area contributed by atoms with Crippen molar-refractivity contribution < 1.29 is 9.13 Å². The van der Waals surface area contributed by atoms with Crippen molar-refractivity contribution in [2.24, 2.45) is 0 Å². The van der Waals surface area contributed by atoms with Crippen molar-refractivity contribution in [2.75, 3.05) is 0 Å². The zero-order valence-electron chi connectivity index (χ0n) is 12.2. The van der Waals surface area contributed by atoms with Gasteiger partial charge in [0.2, 0.25) is 5.88 Å². The molecule has 1 aromatic carbocycles. The van der Waals surface area contributed by atoms with E-state index in [0.29, 0.717) is 32.6 Å². The van der Waals surface area contributed by atoms with E-state index in [9.17, 15) is 4.39 Å². The van der Waals surface area contributed by atoms with Crippen molar-refractivity contribution in [3.63, 3.8) is 0 Å². The zero-order valence-corrected chi connectivity index (χ0v) is 14.5. The second-order valence-corrected chi connectivity index (χ2v) is 7.00. The molecule has 0 atom stereocenters. The molecule has 0 radical (unpaired) electrons. The summed E-state index contributed by atoms with van der Waals surface area (Å²) in [6.07, 6.45) is 0. The Kier molecular flexibility index (Phi) is 4.54. The minimum absolute atomic E-state index is 0.266. The van der Waals surface area contributed by atoms with Gasteiger partial charge in [0.05, 0.1) is 0 Å². The van der Waals surface area contributed by atoms with Crippen molar-refractivity contribution in [1.82, 2.24) is 9.97 Å². The van der Waals surface area contributed by atoms with E-state index in [0.717, 1.165) is 0 Å². The molecule has 0 N–H and O–H groups in total. The molecule has 6 heteroatoms. The van der Waals surface area contributed by atoms with Gasteiger partial charge in [0.1, 0.15) is 22.5 Å². The maximum atomic E-state index is 13.4. The Balaban J connectivity index is 2.46. The Bertz CT molecular complexity index is 666. The highest BCUT2D eigenvalue weighted by atomic mass is 79.9. The van der Waals surface area contributed by atoms with Crippen LogP contribution in [0.25, 0.3) is 0 Å². The number of ether oxygens (including phenoxy) is 1. The molecule has 0 saturated carbocycles.